The van der Waals surface area contributed by atoms with Gasteiger partial charge < -0.3 is 15.0 Å². The van der Waals surface area contributed by atoms with Gasteiger partial charge in [-0.15, -0.1) is 0 Å². The number of benzene rings is 1. The van der Waals surface area contributed by atoms with E-state index in [9.17, 15) is 9.18 Å². The van der Waals surface area contributed by atoms with E-state index >= 15 is 0 Å². The number of hydrogen-bond acceptors (Lipinski definition) is 3. The normalized spacial score (nSPS) is 23.4. The second-order valence-corrected chi connectivity index (χ2v) is 7.14. The fourth-order valence-corrected chi connectivity index (χ4v) is 2.74. The van der Waals surface area contributed by atoms with Crippen LogP contribution >= 0.6 is 0 Å². The predicted molar refractivity (Wildman–Crippen MR) is 89.1 cm³/mol. The number of carbonyl (C=O) groups excluding carboxylic acids is 1. The number of likely N-dealkylation sites (tertiary alicyclic amines) is 1. The molecule has 0 unspecified atom stereocenters. The Morgan fingerprint density at radius 1 is 1.35 bits per heavy atom. The summed E-state index contributed by atoms with van der Waals surface area (Å²) in [7, 11) is 0. The van der Waals surface area contributed by atoms with Gasteiger partial charge in [0.15, 0.2) is 0 Å². The molecule has 2 rings (SSSR count). The van der Waals surface area contributed by atoms with Crippen LogP contribution in [0.2, 0.25) is 0 Å². The molecule has 1 aliphatic heterocycles. The summed E-state index contributed by atoms with van der Waals surface area (Å²) in [5, 5.41) is 3.34. The van der Waals surface area contributed by atoms with E-state index in [0.29, 0.717) is 13.0 Å². The first-order valence-electron chi connectivity index (χ1n) is 8.19. The molecule has 0 aliphatic carbocycles. The van der Waals surface area contributed by atoms with Crippen LogP contribution < -0.4 is 5.32 Å². The number of ether oxygens (including phenoxy) is 1. The number of amides is 1. The topological polar surface area (TPSA) is 41.6 Å². The average molecular weight is 322 g/mol. The highest BCUT2D eigenvalue weighted by atomic mass is 19.1. The highest BCUT2D eigenvalue weighted by Gasteiger charge is 2.34. The first-order chi connectivity index (χ1) is 10.8. The van der Waals surface area contributed by atoms with E-state index in [2.05, 4.69) is 5.32 Å². The van der Waals surface area contributed by atoms with Crippen LogP contribution in [0.1, 0.15) is 45.7 Å². The number of halogens is 1. The Morgan fingerprint density at radius 2 is 2.00 bits per heavy atom. The van der Waals surface area contributed by atoms with Gasteiger partial charge in [-0.3, -0.25) is 0 Å². The van der Waals surface area contributed by atoms with Crippen LogP contribution in [0, 0.1) is 0 Å². The molecule has 1 amide bonds. The van der Waals surface area contributed by atoms with Crippen LogP contribution in [-0.4, -0.2) is 41.9 Å². The van der Waals surface area contributed by atoms with Gasteiger partial charge in [-0.2, -0.15) is 0 Å². The molecule has 1 aliphatic rings. The molecule has 1 fully saturated rings. The van der Waals surface area contributed by atoms with Crippen LogP contribution in [-0.2, 0) is 4.74 Å². The lowest BCUT2D eigenvalue weighted by atomic mass is 10.0. The molecule has 1 heterocycles. The lowest BCUT2D eigenvalue weighted by Gasteiger charge is -2.37. The largest absolute Gasteiger partial charge is 0.444 e. The van der Waals surface area contributed by atoms with Crippen LogP contribution in [0.25, 0.3) is 0 Å². The minimum atomic E-state index is -1.09. The molecule has 1 saturated heterocycles. The van der Waals surface area contributed by atoms with E-state index in [-0.39, 0.29) is 18.6 Å². The Bertz CT molecular complexity index is 516. The van der Waals surface area contributed by atoms with Crippen molar-refractivity contribution < 1.29 is 13.9 Å². The maximum absolute atomic E-state index is 14.5. The quantitative estimate of drug-likeness (QED) is 0.923. The molecule has 0 bridgehead atoms. The summed E-state index contributed by atoms with van der Waals surface area (Å²) in [5.74, 6) is 0. The van der Waals surface area contributed by atoms with Crippen molar-refractivity contribution in [3.05, 3.63) is 35.9 Å². The maximum atomic E-state index is 14.5. The van der Waals surface area contributed by atoms with E-state index in [1.54, 1.807) is 0 Å². The van der Waals surface area contributed by atoms with Crippen molar-refractivity contribution in [2.75, 3.05) is 13.1 Å². The summed E-state index contributed by atoms with van der Waals surface area (Å²) in [6.45, 7) is 8.06. The molecule has 3 atom stereocenters. The first-order valence-corrected chi connectivity index (χ1v) is 8.19. The standard InChI is InChI=1S/C18H27FN2O2/c1-13(14-8-6-5-7-9-14)20-16-10-11-21(12-15(16)19)17(22)23-18(2,3)4/h5-9,13,15-16,20H,10-12H2,1-4H3/t13-,15-,16-/m1/s1. The average Bonchev–Trinajstić information content (AvgIpc) is 2.48. The van der Waals surface area contributed by atoms with Gasteiger partial charge in [-0.05, 0) is 39.7 Å². The number of nitrogens with zero attached hydrogens (tertiary/aromatic N) is 1. The summed E-state index contributed by atoms with van der Waals surface area (Å²) in [6, 6.07) is 9.81. The van der Waals surface area contributed by atoms with Gasteiger partial charge in [-0.25, -0.2) is 9.18 Å². The van der Waals surface area contributed by atoms with Crippen molar-refractivity contribution in [3.8, 4) is 0 Å². The van der Waals surface area contributed by atoms with Crippen molar-refractivity contribution in [2.24, 2.45) is 0 Å². The minimum absolute atomic E-state index is 0.0764. The van der Waals surface area contributed by atoms with Crippen molar-refractivity contribution in [1.29, 1.82) is 0 Å². The van der Waals surface area contributed by atoms with Gasteiger partial charge in [0.2, 0.25) is 0 Å². The zero-order chi connectivity index (χ0) is 17.0. The summed E-state index contributed by atoms with van der Waals surface area (Å²) in [5.41, 5.74) is 0.578. The zero-order valence-corrected chi connectivity index (χ0v) is 14.4. The van der Waals surface area contributed by atoms with Gasteiger partial charge >= 0.3 is 6.09 Å². The van der Waals surface area contributed by atoms with Crippen molar-refractivity contribution in [3.63, 3.8) is 0 Å². The monoisotopic (exact) mass is 322 g/mol. The molecule has 1 aromatic carbocycles. The second kappa shape index (κ2) is 7.30. The second-order valence-electron chi connectivity index (χ2n) is 7.14. The maximum Gasteiger partial charge on any atom is 0.410 e. The van der Waals surface area contributed by atoms with Crippen molar-refractivity contribution in [2.45, 2.75) is 58.0 Å². The molecule has 23 heavy (non-hydrogen) atoms. The summed E-state index contributed by atoms with van der Waals surface area (Å²) in [4.78, 5) is 13.5. The third-order valence-electron chi connectivity index (χ3n) is 3.96. The van der Waals surface area contributed by atoms with Gasteiger partial charge in [-0.1, -0.05) is 30.3 Å². The van der Waals surface area contributed by atoms with Gasteiger partial charge in [0.25, 0.3) is 0 Å². The van der Waals surface area contributed by atoms with Crippen molar-refractivity contribution in [1.82, 2.24) is 10.2 Å². The summed E-state index contributed by atoms with van der Waals surface area (Å²) >= 11 is 0. The molecule has 1 aromatic rings. The fraction of sp³-hybridized carbons (Fsp3) is 0.611. The Kier molecular flexibility index (Phi) is 5.63. The third kappa shape index (κ3) is 5.20. The van der Waals surface area contributed by atoms with E-state index in [1.165, 1.54) is 4.90 Å². The molecular formula is C18H27FN2O2. The summed E-state index contributed by atoms with van der Waals surface area (Å²) in [6.07, 6.45) is -0.949. The minimum Gasteiger partial charge on any atom is -0.444 e. The highest BCUT2D eigenvalue weighted by molar-refractivity contribution is 5.68. The Balaban J connectivity index is 1.88. The number of alkyl halides is 1. The first kappa shape index (κ1) is 17.7. The fourth-order valence-electron chi connectivity index (χ4n) is 2.74. The zero-order valence-electron chi connectivity index (χ0n) is 14.4. The number of nitrogens with one attached hydrogen (secondary N) is 1. The lowest BCUT2D eigenvalue weighted by molar-refractivity contribution is 0.00886. The lowest BCUT2D eigenvalue weighted by Crippen LogP contribution is -2.53. The van der Waals surface area contributed by atoms with Crippen LogP contribution in [0.5, 0.6) is 0 Å². The number of piperidine rings is 1. The van der Waals surface area contributed by atoms with E-state index in [4.69, 9.17) is 4.74 Å². The molecule has 0 spiro atoms. The molecule has 1 N–H and O–H groups in total. The van der Waals surface area contributed by atoms with E-state index in [0.717, 1.165) is 5.56 Å². The molecular weight excluding hydrogens is 295 g/mol. The molecule has 0 saturated carbocycles. The van der Waals surface area contributed by atoms with Gasteiger partial charge in [0, 0.05) is 18.6 Å². The Labute approximate surface area is 138 Å². The Morgan fingerprint density at radius 3 is 2.57 bits per heavy atom. The highest BCUT2D eigenvalue weighted by Crippen LogP contribution is 2.21. The van der Waals surface area contributed by atoms with Crippen LogP contribution in [0.3, 0.4) is 0 Å². The summed E-state index contributed by atoms with van der Waals surface area (Å²) < 4.78 is 19.8. The van der Waals surface area contributed by atoms with Gasteiger partial charge in [0.05, 0.1) is 6.54 Å². The SMILES string of the molecule is C[C@@H](N[C@@H]1CCN(C(=O)OC(C)(C)C)C[C@H]1F)c1ccccc1. The Hall–Kier alpha value is -1.62. The smallest absolute Gasteiger partial charge is 0.410 e. The predicted octanol–water partition coefficient (Wildman–Crippen LogP) is 3.68. The van der Waals surface area contributed by atoms with Crippen LogP contribution in [0.15, 0.2) is 30.3 Å². The molecule has 0 aromatic heterocycles. The number of carbonyl (C=O) groups is 1. The van der Waals surface area contributed by atoms with Gasteiger partial charge in [0.1, 0.15) is 11.8 Å². The molecule has 128 valence electrons. The molecule has 0 radical (unpaired) electrons. The number of rotatable bonds is 3. The molecule has 5 heteroatoms. The van der Waals surface area contributed by atoms with E-state index in [1.807, 2.05) is 58.0 Å². The van der Waals surface area contributed by atoms with E-state index < -0.39 is 17.9 Å². The third-order valence-corrected chi connectivity index (χ3v) is 3.96. The number of hydrogen-bond donors (Lipinski definition) is 1. The van der Waals surface area contributed by atoms with Crippen molar-refractivity contribution >= 4 is 6.09 Å². The van der Waals surface area contributed by atoms with Crippen LogP contribution in [0.4, 0.5) is 9.18 Å². The molecule has 4 nitrogen and oxygen atoms in total.